The van der Waals surface area contributed by atoms with Crippen LogP contribution in [0.1, 0.15) is 18.4 Å². The summed E-state index contributed by atoms with van der Waals surface area (Å²) in [5.41, 5.74) is 1.95. The van der Waals surface area contributed by atoms with Crippen LogP contribution in [0.25, 0.3) is 0 Å². The van der Waals surface area contributed by atoms with E-state index in [1.54, 1.807) is 18.3 Å². The molecule has 6 nitrogen and oxygen atoms in total. The van der Waals surface area contributed by atoms with E-state index >= 15 is 0 Å². The Morgan fingerprint density at radius 2 is 2.09 bits per heavy atom. The van der Waals surface area contributed by atoms with Gasteiger partial charge in [-0.05, 0) is 30.7 Å². The predicted octanol–water partition coefficient (Wildman–Crippen LogP) is 2.86. The zero-order valence-electron chi connectivity index (χ0n) is 13.1. The molecule has 1 aliphatic heterocycles. The van der Waals surface area contributed by atoms with Crippen LogP contribution in [0.5, 0.6) is 5.88 Å². The minimum absolute atomic E-state index is 0.0615. The summed E-state index contributed by atoms with van der Waals surface area (Å²) in [6.07, 6.45) is 3.27. The third-order valence-corrected chi connectivity index (χ3v) is 3.83. The van der Waals surface area contributed by atoms with Gasteiger partial charge in [0.1, 0.15) is 6.10 Å². The smallest absolute Gasteiger partial charge is 0.321 e. The van der Waals surface area contributed by atoms with Gasteiger partial charge >= 0.3 is 6.03 Å². The number of nitrogens with zero attached hydrogens (tertiary/aromatic N) is 3. The molecular formula is C17H20N4O2. The van der Waals surface area contributed by atoms with Crippen molar-refractivity contribution in [2.45, 2.75) is 25.9 Å². The molecule has 0 saturated carbocycles. The molecule has 3 rings (SSSR count). The molecule has 0 unspecified atom stereocenters. The SMILES string of the molecule is Cc1cccc(NC(=O)N2CCC(Oc3cccnn3)CC2)c1. The number of likely N-dealkylation sites (tertiary alicyclic amines) is 1. The maximum atomic E-state index is 12.3. The Hall–Kier alpha value is -2.63. The Labute approximate surface area is 135 Å². The van der Waals surface area contributed by atoms with E-state index in [4.69, 9.17) is 4.74 Å². The number of aromatic nitrogens is 2. The monoisotopic (exact) mass is 312 g/mol. The van der Waals surface area contributed by atoms with Gasteiger partial charge in [0, 0.05) is 43.9 Å². The molecule has 2 aromatic rings. The summed E-state index contributed by atoms with van der Waals surface area (Å²) < 4.78 is 5.79. The normalized spacial score (nSPS) is 15.3. The minimum atomic E-state index is -0.0615. The number of anilines is 1. The highest BCUT2D eigenvalue weighted by Gasteiger charge is 2.24. The largest absolute Gasteiger partial charge is 0.473 e. The van der Waals surface area contributed by atoms with Crippen molar-refractivity contribution in [3.8, 4) is 5.88 Å². The summed E-state index contributed by atoms with van der Waals surface area (Å²) in [5.74, 6) is 0.537. The molecule has 1 fully saturated rings. The second-order valence-corrected chi connectivity index (χ2v) is 5.67. The molecule has 1 aliphatic rings. The van der Waals surface area contributed by atoms with Crippen LogP contribution in [0.15, 0.2) is 42.6 Å². The Kier molecular flexibility index (Phi) is 4.71. The Morgan fingerprint density at radius 3 is 2.78 bits per heavy atom. The second-order valence-electron chi connectivity index (χ2n) is 5.67. The lowest BCUT2D eigenvalue weighted by Gasteiger charge is -2.31. The van der Waals surface area contributed by atoms with E-state index in [9.17, 15) is 4.79 Å². The summed E-state index contributed by atoms with van der Waals surface area (Å²) in [5, 5.41) is 10.7. The van der Waals surface area contributed by atoms with E-state index in [1.807, 2.05) is 36.1 Å². The third kappa shape index (κ3) is 4.18. The molecule has 0 aliphatic carbocycles. The van der Waals surface area contributed by atoms with Crippen molar-refractivity contribution < 1.29 is 9.53 Å². The lowest BCUT2D eigenvalue weighted by molar-refractivity contribution is 0.110. The molecule has 23 heavy (non-hydrogen) atoms. The fourth-order valence-electron chi connectivity index (χ4n) is 2.62. The quantitative estimate of drug-likeness (QED) is 0.946. The van der Waals surface area contributed by atoms with E-state index in [0.29, 0.717) is 19.0 Å². The van der Waals surface area contributed by atoms with Crippen LogP contribution < -0.4 is 10.1 Å². The molecule has 120 valence electrons. The van der Waals surface area contributed by atoms with Crippen molar-refractivity contribution in [2.75, 3.05) is 18.4 Å². The average Bonchev–Trinajstić information content (AvgIpc) is 2.56. The zero-order valence-corrected chi connectivity index (χ0v) is 13.1. The zero-order chi connectivity index (χ0) is 16.1. The van der Waals surface area contributed by atoms with E-state index in [-0.39, 0.29) is 12.1 Å². The second kappa shape index (κ2) is 7.09. The van der Waals surface area contributed by atoms with Crippen LogP contribution in [-0.4, -0.2) is 40.3 Å². The molecule has 0 spiro atoms. The van der Waals surface area contributed by atoms with E-state index in [1.165, 1.54) is 0 Å². The fourth-order valence-corrected chi connectivity index (χ4v) is 2.62. The number of benzene rings is 1. The summed E-state index contributed by atoms with van der Waals surface area (Å²) in [7, 11) is 0. The number of nitrogens with one attached hydrogen (secondary N) is 1. The van der Waals surface area contributed by atoms with Crippen molar-refractivity contribution in [3.05, 3.63) is 48.2 Å². The summed E-state index contributed by atoms with van der Waals surface area (Å²) >= 11 is 0. The Bertz CT molecular complexity index is 655. The predicted molar refractivity (Wildman–Crippen MR) is 87.5 cm³/mol. The molecule has 0 radical (unpaired) electrons. The van der Waals surface area contributed by atoms with Crippen LogP contribution in [0.4, 0.5) is 10.5 Å². The highest BCUT2D eigenvalue weighted by Crippen LogP contribution is 2.18. The van der Waals surface area contributed by atoms with Gasteiger partial charge in [-0.2, -0.15) is 5.10 Å². The van der Waals surface area contributed by atoms with Gasteiger partial charge in [-0.15, -0.1) is 5.10 Å². The average molecular weight is 312 g/mol. The van der Waals surface area contributed by atoms with Gasteiger partial charge in [0.05, 0.1) is 0 Å². The maximum absolute atomic E-state index is 12.3. The van der Waals surface area contributed by atoms with E-state index in [0.717, 1.165) is 24.1 Å². The van der Waals surface area contributed by atoms with Gasteiger partial charge in [-0.1, -0.05) is 12.1 Å². The first-order chi connectivity index (χ1) is 11.2. The number of carbonyl (C=O) groups is 1. The lowest BCUT2D eigenvalue weighted by Crippen LogP contribution is -2.43. The topological polar surface area (TPSA) is 67.4 Å². The number of urea groups is 1. The molecule has 0 bridgehead atoms. The van der Waals surface area contributed by atoms with Crippen LogP contribution in [0, 0.1) is 6.92 Å². The number of hydrogen-bond donors (Lipinski definition) is 1. The first kappa shape index (κ1) is 15.3. The first-order valence-corrected chi connectivity index (χ1v) is 7.78. The number of hydrogen-bond acceptors (Lipinski definition) is 4. The molecular weight excluding hydrogens is 292 g/mol. The molecule has 1 aromatic carbocycles. The minimum Gasteiger partial charge on any atom is -0.473 e. The Morgan fingerprint density at radius 1 is 1.26 bits per heavy atom. The number of rotatable bonds is 3. The van der Waals surface area contributed by atoms with Crippen molar-refractivity contribution in [1.29, 1.82) is 0 Å². The standard InChI is InChI=1S/C17H20N4O2/c1-13-4-2-5-14(12-13)19-17(22)21-10-7-15(8-11-21)23-16-6-3-9-18-20-16/h2-6,9,12,15H,7-8,10-11H2,1H3,(H,19,22). The number of carbonyl (C=O) groups excluding carboxylic acids is 1. The fraction of sp³-hybridized carbons (Fsp3) is 0.353. The van der Waals surface area contributed by atoms with Crippen LogP contribution >= 0.6 is 0 Å². The van der Waals surface area contributed by atoms with Gasteiger partial charge in [0.25, 0.3) is 0 Å². The van der Waals surface area contributed by atoms with Gasteiger partial charge in [0.15, 0.2) is 0 Å². The number of aryl methyl sites for hydroxylation is 1. The van der Waals surface area contributed by atoms with Gasteiger partial charge < -0.3 is 15.0 Å². The molecule has 1 N–H and O–H groups in total. The number of piperidine rings is 1. The molecule has 1 aromatic heterocycles. The summed E-state index contributed by atoms with van der Waals surface area (Å²) in [6.45, 7) is 3.34. The summed E-state index contributed by atoms with van der Waals surface area (Å²) in [4.78, 5) is 14.1. The van der Waals surface area contributed by atoms with Crippen LogP contribution in [-0.2, 0) is 0 Å². The van der Waals surface area contributed by atoms with Gasteiger partial charge in [0.2, 0.25) is 5.88 Å². The van der Waals surface area contributed by atoms with E-state index < -0.39 is 0 Å². The van der Waals surface area contributed by atoms with Crippen LogP contribution in [0.3, 0.4) is 0 Å². The van der Waals surface area contributed by atoms with Gasteiger partial charge in [-0.25, -0.2) is 4.79 Å². The molecule has 1 saturated heterocycles. The van der Waals surface area contributed by atoms with Crippen molar-refractivity contribution >= 4 is 11.7 Å². The van der Waals surface area contributed by atoms with Crippen molar-refractivity contribution in [2.24, 2.45) is 0 Å². The molecule has 2 amide bonds. The molecule has 6 heteroatoms. The molecule has 0 atom stereocenters. The van der Waals surface area contributed by atoms with E-state index in [2.05, 4.69) is 15.5 Å². The maximum Gasteiger partial charge on any atom is 0.321 e. The summed E-state index contributed by atoms with van der Waals surface area (Å²) in [6, 6.07) is 11.3. The Balaban J connectivity index is 1.49. The van der Waals surface area contributed by atoms with Crippen molar-refractivity contribution in [3.63, 3.8) is 0 Å². The van der Waals surface area contributed by atoms with Crippen LogP contribution in [0.2, 0.25) is 0 Å². The lowest BCUT2D eigenvalue weighted by atomic mass is 10.1. The van der Waals surface area contributed by atoms with Crippen molar-refractivity contribution in [1.82, 2.24) is 15.1 Å². The highest BCUT2D eigenvalue weighted by atomic mass is 16.5. The molecule has 2 heterocycles. The van der Waals surface area contributed by atoms with Gasteiger partial charge in [-0.3, -0.25) is 0 Å². The number of amides is 2. The third-order valence-electron chi connectivity index (χ3n) is 3.83. The number of ether oxygens (including phenoxy) is 1. The first-order valence-electron chi connectivity index (χ1n) is 7.78. The highest BCUT2D eigenvalue weighted by molar-refractivity contribution is 5.89.